The number of halogens is 3. The number of alkyl halides is 1. The number of fused-ring (bicyclic) bond motifs is 1. The molecular weight excluding hydrogens is 353 g/mol. The van der Waals surface area contributed by atoms with Crippen molar-refractivity contribution in [2.45, 2.75) is 13.3 Å². The van der Waals surface area contributed by atoms with Gasteiger partial charge < -0.3 is 4.90 Å². The number of hydrogen-bond donors (Lipinski definition) is 0. The Morgan fingerprint density at radius 1 is 1.26 bits per heavy atom. The molecule has 0 bridgehead atoms. The van der Waals surface area contributed by atoms with Gasteiger partial charge in [-0.1, -0.05) is 52.5 Å². The average Bonchev–Trinajstić information content (AvgIpc) is 2.66. The van der Waals surface area contributed by atoms with Crippen molar-refractivity contribution in [3.63, 3.8) is 0 Å². The smallest absolute Gasteiger partial charge is 0.299 e. The van der Waals surface area contributed by atoms with Crippen molar-refractivity contribution < 1.29 is 9.59 Å². The molecule has 19 heavy (non-hydrogen) atoms. The van der Waals surface area contributed by atoms with Gasteiger partial charge in [0.2, 0.25) is 0 Å². The summed E-state index contributed by atoms with van der Waals surface area (Å²) >= 11 is 15.5. The van der Waals surface area contributed by atoms with E-state index in [4.69, 9.17) is 23.2 Å². The second kappa shape index (κ2) is 5.81. The van der Waals surface area contributed by atoms with Crippen LogP contribution in [0.5, 0.6) is 0 Å². The highest BCUT2D eigenvalue weighted by Gasteiger charge is 2.39. The zero-order valence-corrected chi connectivity index (χ0v) is 13.3. The number of ketones is 1. The molecule has 0 fully saturated rings. The van der Waals surface area contributed by atoms with Gasteiger partial charge in [-0.3, -0.25) is 9.59 Å². The summed E-state index contributed by atoms with van der Waals surface area (Å²) in [5.41, 5.74) is 0.673. The van der Waals surface area contributed by atoms with E-state index >= 15 is 0 Å². The van der Waals surface area contributed by atoms with Crippen LogP contribution in [0.1, 0.15) is 23.7 Å². The molecule has 0 saturated carbocycles. The fraction of sp³-hybridized carbons (Fsp3) is 0.385. The molecule has 0 spiro atoms. The predicted molar refractivity (Wildman–Crippen MR) is 80.7 cm³/mol. The lowest BCUT2D eigenvalue weighted by Crippen LogP contribution is -2.34. The Labute approximate surface area is 130 Å². The Morgan fingerprint density at radius 3 is 2.47 bits per heavy atom. The Bertz CT molecular complexity index is 544. The monoisotopic (exact) mass is 363 g/mol. The van der Waals surface area contributed by atoms with Gasteiger partial charge >= 0.3 is 0 Å². The SMILES string of the molecule is CCC(CBr)CN1C(=O)C(=O)c2c(Cl)ccc(Cl)c21. The Morgan fingerprint density at radius 2 is 1.89 bits per heavy atom. The van der Waals surface area contributed by atoms with Crippen LogP contribution in [0.2, 0.25) is 10.0 Å². The maximum absolute atomic E-state index is 12.1. The van der Waals surface area contributed by atoms with E-state index in [9.17, 15) is 9.59 Å². The molecule has 2 rings (SSSR count). The van der Waals surface area contributed by atoms with Crippen LogP contribution in [0.4, 0.5) is 5.69 Å². The maximum Gasteiger partial charge on any atom is 0.299 e. The van der Waals surface area contributed by atoms with Gasteiger partial charge in [0, 0.05) is 11.9 Å². The summed E-state index contributed by atoms with van der Waals surface area (Å²) < 4.78 is 0. The molecule has 1 heterocycles. The zero-order valence-electron chi connectivity index (χ0n) is 10.3. The summed E-state index contributed by atoms with van der Waals surface area (Å²) in [4.78, 5) is 25.5. The summed E-state index contributed by atoms with van der Waals surface area (Å²) in [5.74, 6) is -0.867. The first-order valence-corrected chi connectivity index (χ1v) is 7.79. The van der Waals surface area contributed by atoms with E-state index in [1.807, 2.05) is 6.92 Å². The van der Waals surface area contributed by atoms with Gasteiger partial charge in [0.1, 0.15) is 0 Å². The van der Waals surface area contributed by atoms with E-state index in [2.05, 4.69) is 15.9 Å². The third-order valence-corrected chi connectivity index (χ3v) is 4.79. The van der Waals surface area contributed by atoms with Crippen LogP contribution in [0, 0.1) is 5.92 Å². The van der Waals surface area contributed by atoms with Crippen LogP contribution in [0.15, 0.2) is 12.1 Å². The Balaban J connectivity index is 2.47. The van der Waals surface area contributed by atoms with Gasteiger partial charge in [-0.2, -0.15) is 0 Å². The van der Waals surface area contributed by atoms with Gasteiger partial charge in [0.15, 0.2) is 0 Å². The lowest BCUT2D eigenvalue weighted by Gasteiger charge is -2.22. The first-order valence-electron chi connectivity index (χ1n) is 5.91. The zero-order chi connectivity index (χ0) is 14.2. The number of nitrogens with zero attached hydrogens (tertiary/aromatic N) is 1. The average molecular weight is 365 g/mol. The number of benzene rings is 1. The molecule has 1 aliphatic heterocycles. The number of rotatable bonds is 4. The molecule has 1 aliphatic rings. The van der Waals surface area contributed by atoms with Gasteiger partial charge in [0.25, 0.3) is 11.7 Å². The second-order valence-electron chi connectivity index (χ2n) is 4.43. The fourth-order valence-electron chi connectivity index (χ4n) is 2.07. The summed E-state index contributed by atoms with van der Waals surface area (Å²) in [6.45, 7) is 2.49. The van der Waals surface area contributed by atoms with Crippen molar-refractivity contribution in [2.24, 2.45) is 5.92 Å². The van der Waals surface area contributed by atoms with Crippen LogP contribution in [0.25, 0.3) is 0 Å². The Hall–Kier alpha value is -0.580. The minimum atomic E-state index is -0.577. The lowest BCUT2D eigenvalue weighted by atomic mass is 10.1. The quantitative estimate of drug-likeness (QED) is 0.599. The molecule has 102 valence electrons. The summed E-state index contributed by atoms with van der Waals surface area (Å²) in [6, 6.07) is 3.15. The van der Waals surface area contributed by atoms with Gasteiger partial charge in [-0.05, 0) is 18.1 Å². The molecule has 0 aromatic heterocycles. The summed E-state index contributed by atoms with van der Waals surface area (Å²) in [6.07, 6.45) is 0.900. The second-order valence-corrected chi connectivity index (χ2v) is 5.89. The third-order valence-electron chi connectivity index (χ3n) is 3.25. The molecule has 0 N–H and O–H groups in total. The van der Waals surface area contributed by atoms with E-state index < -0.39 is 11.7 Å². The number of hydrogen-bond acceptors (Lipinski definition) is 2. The molecule has 3 nitrogen and oxygen atoms in total. The first kappa shape index (κ1) is 14.8. The van der Waals surface area contributed by atoms with E-state index in [0.29, 0.717) is 17.3 Å². The normalized spacial score (nSPS) is 15.9. The highest BCUT2D eigenvalue weighted by atomic mass is 79.9. The minimum absolute atomic E-state index is 0.226. The van der Waals surface area contributed by atoms with Crippen molar-refractivity contribution in [3.05, 3.63) is 27.7 Å². The van der Waals surface area contributed by atoms with Gasteiger partial charge in [-0.15, -0.1) is 0 Å². The number of Topliss-reactive ketones (excluding diaryl/α,β-unsaturated/α-hetero) is 1. The summed E-state index contributed by atoms with van der Waals surface area (Å²) in [5, 5.41) is 1.41. The van der Waals surface area contributed by atoms with E-state index in [1.165, 1.54) is 4.90 Å². The minimum Gasteiger partial charge on any atom is -0.303 e. The van der Waals surface area contributed by atoms with Crippen molar-refractivity contribution in [1.29, 1.82) is 0 Å². The van der Waals surface area contributed by atoms with Gasteiger partial charge in [-0.25, -0.2) is 0 Å². The van der Waals surface area contributed by atoms with Crippen LogP contribution >= 0.6 is 39.1 Å². The molecule has 0 radical (unpaired) electrons. The maximum atomic E-state index is 12.1. The molecule has 1 aromatic rings. The van der Waals surface area contributed by atoms with E-state index in [0.717, 1.165) is 11.8 Å². The number of carbonyl (C=O) groups is 2. The molecule has 6 heteroatoms. The molecule has 1 amide bonds. The number of carbonyl (C=O) groups excluding carboxylic acids is 2. The van der Waals surface area contributed by atoms with Crippen molar-refractivity contribution in [3.8, 4) is 0 Å². The van der Waals surface area contributed by atoms with Crippen molar-refractivity contribution >= 4 is 56.5 Å². The topological polar surface area (TPSA) is 37.4 Å². The van der Waals surface area contributed by atoms with Crippen LogP contribution < -0.4 is 4.90 Å². The molecule has 1 aromatic carbocycles. The highest BCUT2D eigenvalue weighted by molar-refractivity contribution is 9.09. The molecular formula is C13H12BrCl2NO2. The largest absolute Gasteiger partial charge is 0.303 e. The van der Waals surface area contributed by atoms with Crippen molar-refractivity contribution in [2.75, 3.05) is 16.8 Å². The van der Waals surface area contributed by atoms with Crippen LogP contribution in [-0.2, 0) is 4.79 Å². The lowest BCUT2D eigenvalue weighted by molar-refractivity contribution is -0.114. The molecule has 0 aliphatic carbocycles. The predicted octanol–water partition coefficient (Wildman–Crippen LogP) is 3.94. The molecule has 1 unspecified atom stereocenters. The van der Waals surface area contributed by atoms with E-state index in [1.54, 1.807) is 12.1 Å². The molecule has 0 saturated heterocycles. The first-order chi connectivity index (χ1) is 9.01. The highest BCUT2D eigenvalue weighted by Crippen LogP contribution is 2.40. The van der Waals surface area contributed by atoms with Crippen LogP contribution in [0.3, 0.4) is 0 Å². The van der Waals surface area contributed by atoms with Crippen molar-refractivity contribution in [1.82, 2.24) is 0 Å². The van der Waals surface area contributed by atoms with E-state index in [-0.39, 0.29) is 16.5 Å². The van der Waals surface area contributed by atoms with Crippen LogP contribution in [-0.4, -0.2) is 23.6 Å². The summed E-state index contributed by atoms with van der Waals surface area (Å²) in [7, 11) is 0. The molecule has 1 atom stereocenters. The number of amides is 1. The number of anilines is 1. The van der Waals surface area contributed by atoms with Gasteiger partial charge in [0.05, 0.1) is 21.3 Å². The Kier molecular flexibility index (Phi) is 4.54. The fourth-order valence-corrected chi connectivity index (χ4v) is 3.23. The standard InChI is InChI=1S/C13H12BrCl2NO2/c1-2-7(5-14)6-17-11-9(16)4-3-8(15)10(11)12(18)13(17)19/h3-4,7H,2,5-6H2,1H3. The third kappa shape index (κ3) is 2.54.